The fraction of sp³-hybridized carbons (Fsp3) is 0.417. The Kier molecular flexibility index (Phi) is 6.32. The maximum Gasteiger partial charge on any atom is 0.239 e. The number of hydrogen-bond donors (Lipinski definition) is 2. The normalized spacial score (nSPS) is 10.9. The summed E-state index contributed by atoms with van der Waals surface area (Å²) in [6.07, 6.45) is 0. The summed E-state index contributed by atoms with van der Waals surface area (Å²) >= 11 is 0. The third-order valence-corrected chi connectivity index (χ3v) is 4.69. The number of carbonyl (C=O) groups excluding carboxylic acids is 1. The fourth-order valence-corrected chi connectivity index (χ4v) is 2.08. The molecule has 1 rings (SSSR count). The topological polar surface area (TPSA) is 89.3 Å². The molecule has 1 aromatic carbocycles. The largest absolute Gasteiger partial charge is 0.399 e. The van der Waals surface area contributed by atoms with Gasteiger partial charge < -0.3 is 11.1 Å². The first-order chi connectivity index (χ1) is 8.22. The number of nitrogen functional groups attached to an aromatic ring is 1. The van der Waals surface area contributed by atoms with Gasteiger partial charge in [0.25, 0.3) is 0 Å². The number of carbonyl (C=O) groups is 1. The first-order valence-electron chi connectivity index (χ1n) is 5.60. The van der Waals surface area contributed by atoms with Gasteiger partial charge in [0.2, 0.25) is 5.91 Å². The van der Waals surface area contributed by atoms with E-state index in [0.29, 0.717) is 11.4 Å². The molecule has 0 aliphatic heterocycles. The van der Waals surface area contributed by atoms with Crippen molar-refractivity contribution in [3.63, 3.8) is 0 Å². The van der Waals surface area contributed by atoms with Gasteiger partial charge in [0.05, 0.1) is 5.25 Å². The highest BCUT2D eigenvalue weighted by Crippen LogP contribution is 2.18. The number of benzene rings is 1. The van der Waals surface area contributed by atoms with E-state index in [2.05, 4.69) is 5.32 Å². The summed E-state index contributed by atoms with van der Waals surface area (Å²) in [5.41, 5.74) is 7.50. The van der Waals surface area contributed by atoms with Gasteiger partial charge in [-0.05, 0) is 38.5 Å². The maximum atomic E-state index is 11.7. The molecule has 0 bridgehead atoms. The molecule has 3 N–H and O–H groups in total. The molecule has 1 aromatic rings. The Balaban J connectivity index is 0.00000324. The molecule has 0 spiro atoms. The van der Waals surface area contributed by atoms with Crippen LogP contribution >= 0.6 is 12.4 Å². The lowest BCUT2D eigenvalue weighted by molar-refractivity contribution is -0.113. The Bertz CT molecular complexity index is 556. The molecule has 0 unspecified atom stereocenters. The maximum absolute atomic E-state index is 11.7. The lowest BCUT2D eigenvalue weighted by Gasteiger charge is -2.11. The number of rotatable bonds is 4. The molecule has 0 heterocycles. The molecule has 108 valence electrons. The third kappa shape index (κ3) is 5.08. The highest BCUT2D eigenvalue weighted by Gasteiger charge is 2.20. The van der Waals surface area contributed by atoms with E-state index in [4.69, 9.17) is 5.73 Å². The highest BCUT2D eigenvalue weighted by atomic mass is 35.5. The molecule has 0 aromatic heterocycles. The second-order valence-electron chi connectivity index (χ2n) is 4.48. The summed E-state index contributed by atoms with van der Waals surface area (Å²) in [5, 5.41) is 2.00. The van der Waals surface area contributed by atoms with Crippen LogP contribution in [-0.2, 0) is 14.6 Å². The zero-order valence-corrected chi connectivity index (χ0v) is 12.8. The van der Waals surface area contributed by atoms with Crippen LogP contribution in [0, 0.1) is 6.92 Å². The minimum absolute atomic E-state index is 0. The molecule has 0 fully saturated rings. The first-order valence-corrected chi connectivity index (χ1v) is 7.31. The summed E-state index contributed by atoms with van der Waals surface area (Å²) in [6.45, 7) is 4.91. The van der Waals surface area contributed by atoms with E-state index in [0.717, 1.165) is 5.56 Å². The minimum atomic E-state index is -3.38. The molecule has 1 amide bonds. The number of hydrogen-bond acceptors (Lipinski definition) is 4. The predicted molar refractivity (Wildman–Crippen MR) is 80.4 cm³/mol. The molecule has 0 atom stereocenters. The number of amides is 1. The Morgan fingerprint density at radius 2 is 1.95 bits per heavy atom. The van der Waals surface area contributed by atoms with Crippen molar-refractivity contribution in [3.8, 4) is 0 Å². The number of halogens is 1. The van der Waals surface area contributed by atoms with Crippen LogP contribution in [0.2, 0.25) is 0 Å². The minimum Gasteiger partial charge on any atom is -0.399 e. The van der Waals surface area contributed by atoms with Crippen molar-refractivity contribution in [2.75, 3.05) is 16.8 Å². The van der Waals surface area contributed by atoms with Crippen molar-refractivity contribution in [2.24, 2.45) is 0 Å². The van der Waals surface area contributed by atoms with Crippen LogP contribution in [-0.4, -0.2) is 25.3 Å². The third-order valence-electron chi connectivity index (χ3n) is 2.59. The van der Waals surface area contributed by atoms with E-state index in [1.165, 1.54) is 0 Å². The van der Waals surface area contributed by atoms with Gasteiger partial charge in [-0.15, -0.1) is 12.4 Å². The van der Waals surface area contributed by atoms with Gasteiger partial charge in [-0.1, -0.05) is 6.07 Å². The van der Waals surface area contributed by atoms with Crippen LogP contribution < -0.4 is 11.1 Å². The molecule has 5 nitrogen and oxygen atoms in total. The number of nitrogens with one attached hydrogen (secondary N) is 1. The molecular weight excluding hydrogens is 288 g/mol. The smallest absolute Gasteiger partial charge is 0.239 e. The second kappa shape index (κ2) is 6.77. The van der Waals surface area contributed by atoms with Crippen molar-refractivity contribution < 1.29 is 13.2 Å². The van der Waals surface area contributed by atoms with Crippen LogP contribution in [0.3, 0.4) is 0 Å². The van der Waals surface area contributed by atoms with Crippen LogP contribution in [0.4, 0.5) is 11.4 Å². The number of aryl methyl sites for hydroxylation is 1. The van der Waals surface area contributed by atoms with Gasteiger partial charge in [0.15, 0.2) is 9.84 Å². The lowest BCUT2D eigenvalue weighted by atomic mass is 10.2. The fourth-order valence-electron chi connectivity index (χ4n) is 1.31. The predicted octanol–water partition coefficient (Wildman–Crippen LogP) is 1.76. The summed E-state index contributed by atoms with van der Waals surface area (Å²) in [7, 11) is -3.38. The van der Waals surface area contributed by atoms with Crippen molar-refractivity contribution in [1.82, 2.24) is 0 Å². The molecule has 0 radical (unpaired) electrons. The van der Waals surface area contributed by atoms with Crippen molar-refractivity contribution in [1.29, 1.82) is 0 Å². The molecule has 0 saturated carbocycles. The summed E-state index contributed by atoms with van der Waals surface area (Å²) in [6, 6.07) is 5.09. The van der Waals surface area contributed by atoms with Crippen LogP contribution in [0.15, 0.2) is 18.2 Å². The first kappa shape index (κ1) is 17.7. The highest BCUT2D eigenvalue weighted by molar-refractivity contribution is 7.92. The Hall–Kier alpha value is -1.27. The molecule has 0 aliphatic rings. The Morgan fingerprint density at radius 1 is 1.37 bits per heavy atom. The molecule has 19 heavy (non-hydrogen) atoms. The van der Waals surface area contributed by atoms with Crippen LogP contribution in [0.5, 0.6) is 0 Å². The Morgan fingerprint density at radius 3 is 2.47 bits per heavy atom. The van der Waals surface area contributed by atoms with Crippen LogP contribution in [0.25, 0.3) is 0 Å². The van der Waals surface area contributed by atoms with Gasteiger partial charge in [-0.3, -0.25) is 4.79 Å². The van der Waals surface area contributed by atoms with E-state index in [9.17, 15) is 13.2 Å². The molecule has 0 aliphatic carbocycles. The van der Waals surface area contributed by atoms with Crippen molar-refractivity contribution >= 4 is 39.5 Å². The number of nitrogens with two attached hydrogens (primary N) is 1. The van der Waals surface area contributed by atoms with E-state index < -0.39 is 26.7 Å². The molecule has 0 saturated heterocycles. The summed E-state index contributed by atoms with van der Waals surface area (Å²) in [4.78, 5) is 11.7. The quantitative estimate of drug-likeness (QED) is 0.830. The van der Waals surface area contributed by atoms with Gasteiger partial charge in [0.1, 0.15) is 5.75 Å². The summed E-state index contributed by atoms with van der Waals surface area (Å²) < 4.78 is 23.2. The zero-order valence-electron chi connectivity index (χ0n) is 11.1. The summed E-state index contributed by atoms with van der Waals surface area (Å²) in [5.74, 6) is -1.06. The zero-order chi connectivity index (χ0) is 13.9. The van der Waals surface area contributed by atoms with Crippen molar-refractivity contribution in [2.45, 2.75) is 26.0 Å². The number of sulfone groups is 1. The van der Waals surface area contributed by atoms with Gasteiger partial charge >= 0.3 is 0 Å². The van der Waals surface area contributed by atoms with Gasteiger partial charge in [-0.2, -0.15) is 0 Å². The molecule has 7 heteroatoms. The van der Waals surface area contributed by atoms with Gasteiger partial charge in [-0.25, -0.2) is 8.42 Å². The Labute approximate surface area is 119 Å². The average Bonchev–Trinajstić information content (AvgIpc) is 2.22. The van der Waals surface area contributed by atoms with Gasteiger partial charge in [0, 0.05) is 11.4 Å². The SMILES string of the molecule is Cc1ccc(N)cc1NC(=O)CS(=O)(=O)C(C)C.Cl. The number of anilines is 2. The van der Waals surface area contributed by atoms with E-state index in [1.807, 2.05) is 6.92 Å². The molecular formula is C12H19ClN2O3S. The second-order valence-corrected chi connectivity index (χ2v) is 7.04. The monoisotopic (exact) mass is 306 g/mol. The van der Waals surface area contributed by atoms with E-state index >= 15 is 0 Å². The standard InChI is InChI=1S/C12H18N2O3S.ClH/c1-8(2)18(16,17)7-12(15)14-11-6-10(13)5-4-9(11)3;/h4-6,8H,7,13H2,1-3H3,(H,14,15);1H. The van der Waals surface area contributed by atoms with Crippen molar-refractivity contribution in [3.05, 3.63) is 23.8 Å². The lowest BCUT2D eigenvalue weighted by Crippen LogP contribution is -2.28. The van der Waals surface area contributed by atoms with E-state index in [-0.39, 0.29) is 12.4 Å². The average molecular weight is 307 g/mol. The van der Waals surface area contributed by atoms with Crippen LogP contribution in [0.1, 0.15) is 19.4 Å². The van der Waals surface area contributed by atoms with E-state index in [1.54, 1.807) is 32.0 Å².